The molecule has 116 valence electrons. The molecule has 7 nitrogen and oxygen atoms in total. The van der Waals surface area contributed by atoms with Crippen molar-refractivity contribution in [2.75, 3.05) is 0 Å². The molecule has 0 bridgehead atoms. The molecule has 0 saturated carbocycles. The molecule has 7 heteroatoms. The van der Waals surface area contributed by atoms with Crippen LogP contribution in [0.25, 0.3) is 0 Å². The Morgan fingerprint density at radius 3 is 2.55 bits per heavy atom. The van der Waals surface area contributed by atoms with Gasteiger partial charge in [-0.15, -0.1) is 0 Å². The van der Waals surface area contributed by atoms with Crippen molar-refractivity contribution in [2.45, 2.75) is 39.7 Å². The van der Waals surface area contributed by atoms with Gasteiger partial charge in [-0.25, -0.2) is 0 Å². The number of fused-ring (bicyclic) bond motifs is 1. The fourth-order valence-electron chi connectivity index (χ4n) is 2.49. The number of hydrogen-bond acceptors (Lipinski definition) is 4. The lowest BCUT2D eigenvalue weighted by molar-refractivity contribution is -0.616. The second-order valence-electron chi connectivity index (χ2n) is 4.91. The first kappa shape index (κ1) is 15.8. The average Bonchev–Trinajstić information content (AvgIpc) is 2.73. The Balaban J connectivity index is 0.000000847. The van der Waals surface area contributed by atoms with Crippen LogP contribution in [-0.2, 0) is 9.59 Å². The van der Waals surface area contributed by atoms with E-state index in [9.17, 15) is 19.3 Å². The third kappa shape index (κ3) is 2.49. The van der Waals surface area contributed by atoms with E-state index in [-0.39, 0.29) is 30.0 Å². The number of hydrogen-bond donors (Lipinski definition) is 1. The van der Waals surface area contributed by atoms with Crippen LogP contribution in [0.3, 0.4) is 0 Å². The van der Waals surface area contributed by atoms with Crippen LogP contribution in [0.4, 0.5) is 5.69 Å². The minimum Gasteiger partial charge on any atom is -0.294 e. The topological polar surface area (TPSA) is 86.6 Å². The van der Waals surface area contributed by atoms with Gasteiger partial charge in [0.15, 0.2) is 10.9 Å². The number of amides is 3. The Bertz CT molecular complexity index is 669. The maximum atomic E-state index is 12.3. The van der Waals surface area contributed by atoms with Gasteiger partial charge in [-0.2, -0.15) is 0 Å². The number of hydrazine groups is 1. The lowest BCUT2D eigenvalue weighted by Crippen LogP contribution is -2.54. The fourth-order valence-corrected chi connectivity index (χ4v) is 2.49. The molecule has 2 heterocycles. The molecule has 0 aliphatic carbocycles. The third-order valence-corrected chi connectivity index (χ3v) is 3.50. The maximum absolute atomic E-state index is 12.3. The van der Waals surface area contributed by atoms with Crippen LogP contribution >= 0.6 is 0 Å². The van der Waals surface area contributed by atoms with Crippen molar-refractivity contribution in [3.05, 3.63) is 34.2 Å². The van der Waals surface area contributed by atoms with Crippen LogP contribution in [0.1, 0.15) is 42.6 Å². The molecule has 1 fully saturated rings. The van der Waals surface area contributed by atoms with Crippen LogP contribution in [0.15, 0.2) is 18.2 Å². The summed E-state index contributed by atoms with van der Waals surface area (Å²) in [6.07, 6.45) is 0.269. The molecule has 0 aromatic heterocycles. The summed E-state index contributed by atoms with van der Waals surface area (Å²) in [6, 6.07) is 3.97. The normalized spacial score (nSPS) is 20.3. The lowest BCUT2D eigenvalue weighted by atomic mass is 10.1. The van der Waals surface area contributed by atoms with Crippen LogP contribution in [0, 0.1) is 11.8 Å². The zero-order valence-corrected chi connectivity index (χ0v) is 12.8. The molecule has 0 radical (unpaired) electrons. The van der Waals surface area contributed by atoms with Crippen molar-refractivity contribution in [3.8, 4) is 0 Å². The molecule has 1 aromatic carbocycles. The summed E-state index contributed by atoms with van der Waals surface area (Å²) in [5.74, 6) is -1.51. The summed E-state index contributed by atoms with van der Waals surface area (Å²) in [7, 11) is 0. The largest absolute Gasteiger partial charge is 0.320 e. The number of carbonyl (C=O) groups excluding carboxylic acids is 3. The van der Waals surface area contributed by atoms with Crippen molar-refractivity contribution in [2.24, 2.45) is 0 Å². The van der Waals surface area contributed by atoms with Gasteiger partial charge in [0, 0.05) is 12.5 Å². The zero-order valence-electron chi connectivity index (χ0n) is 12.8. The molecular formula is C15H18N3O4+. The molecule has 2 aliphatic heterocycles. The van der Waals surface area contributed by atoms with Gasteiger partial charge in [0.2, 0.25) is 5.91 Å². The Labute approximate surface area is 127 Å². The Kier molecular flexibility index (Phi) is 4.35. The zero-order chi connectivity index (χ0) is 16.4. The van der Waals surface area contributed by atoms with E-state index < -0.39 is 17.9 Å². The number of imide groups is 1. The predicted molar refractivity (Wildman–Crippen MR) is 78.2 cm³/mol. The van der Waals surface area contributed by atoms with E-state index in [0.717, 1.165) is 10.6 Å². The molecule has 3 amide bonds. The number of aryl methyl sites for hydroxylation is 1. The summed E-state index contributed by atoms with van der Waals surface area (Å²) in [5, 5.41) is 3.03. The molecule has 3 rings (SSSR count). The first-order chi connectivity index (χ1) is 10.5. The van der Waals surface area contributed by atoms with Crippen molar-refractivity contribution in [1.29, 1.82) is 0 Å². The highest BCUT2D eigenvalue weighted by molar-refractivity contribution is 6.05. The molecule has 0 spiro atoms. The maximum Gasteiger partial charge on any atom is 0.320 e. The first-order valence-corrected chi connectivity index (χ1v) is 7.24. The third-order valence-electron chi connectivity index (χ3n) is 3.50. The van der Waals surface area contributed by atoms with Crippen LogP contribution in [0.5, 0.6) is 0 Å². The van der Waals surface area contributed by atoms with Crippen LogP contribution in [-0.4, -0.2) is 33.6 Å². The number of nitrogens with one attached hydrogen (secondary N) is 1. The van der Waals surface area contributed by atoms with Gasteiger partial charge in [0.1, 0.15) is 5.56 Å². The standard InChI is InChI=1S/C13H11N3O4.C2H6/c1-7-2-3-8-10(6-7)16(20)15(13(8)19)9-4-5-11(17)14-12(9)18;1-2/h2-3,6,9H,4-5H2,1H3;1-2H3/p+1. The SMILES string of the molecule is CC.Cc1ccc2c(c1)[N+](=O)N(C1CCC(=O)NC1=O)C2=O. The minimum atomic E-state index is -0.939. The Morgan fingerprint density at radius 2 is 1.91 bits per heavy atom. The minimum absolute atomic E-state index is 0.114. The molecule has 1 saturated heterocycles. The number of benzene rings is 1. The van der Waals surface area contributed by atoms with Gasteiger partial charge in [-0.3, -0.25) is 19.7 Å². The molecule has 1 aromatic rings. The Morgan fingerprint density at radius 1 is 1.23 bits per heavy atom. The van der Waals surface area contributed by atoms with Gasteiger partial charge in [0.05, 0.1) is 4.91 Å². The monoisotopic (exact) mass is 304 g/mol. The number of rotatable bonds is 1. The van der Waals surface area contributed by atoms with E-state index >= 15 is 0 Å². The smallest absolute Gasteiger partial charge is 0.294 e. The molecular weight excluding hydrogens is 286 g/mol. The first-order valence-electron chi connectivity index (χ1n) is 7.24. The van der Waals surface area contributed by atoms with Gasteiger partial charge >= 0.3 is 11.6 Å². The summed E-state index contributed by atoms with van der Waals surface area (Å²) >= 11 is 0. The predicted octanol–water partition coefficient (Wildman–Crippen LogP) is 1.61. The molecule has 2 aliphatic rings. The quantitative estimate of drug-likeness (QED) is 0.631. The van der Waals surface area contributed by atoms with E-state index in [1.165, 1.54) is 0 Å². The highest BCUT2D eigenvalue weighted by Gasteiger charge is 2.51. The van der Waals surface area contributed by atoms with E-state index in [0.29, 0.717) is 4.87 Å². The highest BCUT2D eigenvalue weighted by Crippen LogP contribution is 2.32. The molecule has 22 heavy (non-hydrogen) atoms. The number of piperidine rings is 1. The summed E-state index contributed by atoms with van der Waals surface area (Å²) < 4.78 is 0. The van der Waals surface area contributed by atoms with Crippen LogP contribution < -0.4 is 5.32 Å². The van der Waals surface area contributed by atoms with Crippen molar-refractivity contribution < 1.29 is 19.3 Å². The Hall–Kier alpha value is -2.57. The number of nitrogens with zero attached hydrogens (tertiary/aromatic N) is 2. The summed E-state index contributed by atoms with van der Waals surface area (Å²) in [6.45, 7) is 5.81. The fraction of sp³-hybridized carbons (Fsp3) is 0.400. The lowest BCUT2D eigenvalue weighted by Gasteiger charge is -2.22. The second kappa shape index (κ2) is 6.05. The number of nitroso groups, excluding NO2 is 1. The summed E-state index contributed by atoms with van der Waals surface area (Å²) in [4.78, 5) is 47.9. The second-order valence-corrected chi connectivity index (χ2v) is 4.91. The van der Waals surface area contributed by atoms with Gasteiger partial charge < -0.3 is 0 Å². The van der Waals surface area contributed by atoms with Crippen molar-refractivity contribution >= 4 is 23.4 Å². The van der Waals surface area contributed by atoms with Crippen molar-refractivity contribution in [3.63, 3.8) is 0 Å². The molecule has 1 unspecified atom stereocenters. The van der Waals surface area contributed by atoms with Crippen LogP contribution in [0.2, 0.25) is 0 Å². The van der Waals surface area contributed by atoms with E-state index in [1.54, 1.807) is 18.2 Å². The summed E-state index contributed by atoms with van der Waals surface area (Å²) in [5.41, 5.74) is 1.36. The van der Waals surface area contributed by atoms with Gasteiger partial charge in [-0.05, 0) is 30.0 Å². The number of carbonyl (C=O) groups is 3. The average molecular weight is 304 g/mol. The van der Waals surface area contributed by atoms with E-state index in [2.05, 4.69) is 5.32 Å². The van der Waals surface area contributed by atoms with E-state index in [1.807, 2.05) is 20.8 Å². The highest BCUT2D eigenvalue weighted by atomic mass is 16.3. The van der Waals surface area contributed by atoms with E-state index in [4.69, 9.17) is 0 Å². The van der Waals surface area contributed by atoms with Gasteiger partial charge in [-0.1, -0.05) is 19.9 Å². The molecule has 1 atom stereocenters. The van der Waals surface area contributed by atoms with Crippen molar-refractivity contribution in [1.82, 2.24) is 10.3 Å². The van der Waals surface area contributed by atoms with Gasteiger partial charge in [0.25, 0.3) is 5.91 Å². The molecule has 1 N–H and O–H groups in total.